The molecule has 0 aromatic heterocycles. The van der Waals surface area contributed by atoms with Crippen LogP contribution in [-0.2, 0) is 0 Å². The molecule has 0 radical (unpaired) electrons. The number of hydrogen-bond donors (Lipinski definition) is 2. The van der Waals surface area contributed by atoms with E-state index in [1.807, 2.05) is 25.1 Å². The number of nitrogen functional groups attached to an aromatic ring is 1. The normalized spacial score (nSPS) is 10.1. The molecule has 82 valence electrons. The first-order valence-electron chi connectivity index (χ1n) is 5.04. The monoisotopic (exact) mass is 216 g/mol. The third kappa shape index (κ3) is 2.31. The Morgan fingerprint density at radius 1 is 1.12 bits per heavy atom. The molecule has 0 saturated heterocycles. The predicted molar refractivity (Wildman–Crippen MR) is 65.3 cm³/mol. The quantitative estimate of drug-likeness (QED) is 0.754. The summed E-state index contributed by atoms with van der Waals surface area (Å²) in [5.74, 6) is -0.262. The molecule has 2 aromatic rings. The third-order valence-electron chi connectivity index (χ3n) is 2.29. The summed E-state index contributed by atoms with van der Waals surface area (Å²) in [6, 6.07) is 12.3. The highest BCUT2D eigenvalue weighted by molar-refractivity contribution is 5.64. The van der Waals surface area contributed by atoms with Crippen molar-refractivity contribution in [3.05, 3.63) is 53.8 Å². The van der Waals surface area contributed by atoms with Crippen molar-refractivity contribution < 1.29 is 4.39 Å². The second-order valence-electron chi connectivity index (χ2n) is 3.73. The summed E-state index contributed by atoms with van der Waals surface area (Å²) in [6.45, 7) is 1.85. The van der Waals surface area contributed by atoms with E-state index < -0.39 is 0 Å². The van der Waals surface area contributed by atoms with Crippen LogP contribution >= 0.6 is 0 Å². The molecule has 16 heavy (non-hydrogen) atoms. The second kappa shape index (κ2) is 4.23. The van der Waals surface area contributed by atoms with Gasteiger partial charge in [0.25, 0.3) is 0 Å². The van der Waals surface area contributed by atoms with Gasteiger partial charge >= 0.3 is 0 Å². The van der Waals surface area contributed by atoms with Gasteiger partial charge in [-0.2, -0.15) is 0 Å². The van der Waals surface area contributed by atoms with E-state index in [4.69, 9.17) is 5.73 Å². The van der Waals surface area contributed by atoms with Crippen LogP contribution in [0.4, 0.5) is 21.5 Å². The molecule has 3 heteroatoms. The van der Waals surface area contributed by atoms with E-state index in [2.05, 4.69) is 5.32 Å². The minimum absolute atomic E-state index is 0.262. The maximum absolute atomic E-state index is 13.5. The van der Waals surface area contributed by atoms with Crippen molar-refractivity contribution in [3.63, 3.8) is 0 Å². The van der Waals surface area contributed by atoms with Crippen molar-refractivity contribution in [1.82, 2.24) is 0 Å². The number of rotatable bonds is 2. The van der Waals surface area contributed by atoms with Crippen LogP contribution in [0.5, 0.6) is 0 Å². The van der Waals surface area contributed by atoms with Crippen LogP contribution < -0.4 is 11.1 Å². The van der Waals surface area contributed by atoms with Gasteiger partial charge in [0.15, 0.2) is 0 Å². The van der Waals surface area contributed by atoms with Crippen LogP contribution in [0.3, 0.4) is 0 Å². The molecule has 3 N–H and O–H groups in total. The molecule has 2 rings (SSSR count). The number of nitrogens with one attached hydrogen (secondary N) is 1. The lowest BCUT2D eigenvalue weighted by atomic mass is 10.2. The Morgan fingerprint density at radius 2 is 1.94 bits per heavy atom. The first-order chi connectivity index (χ1) is 7.65. The fourth-order valence-electron chi connectivity index (χ4n) is 1.49. The lowest BCUT2D eigenvalue weighted by Gasteiger charge is -2.08. The molecule has 0 spiro atoms. The number of hydrogen-bond acceptors (Lipinski definition) is 2. The van der Waals surface area contributed by atoms with Gasteiger partial charge < -0.3 is 11.1 Å². The summed E-state index contributed by atoms with van der Waals surface area (Å²) in [4.78, 5) is 0. The first-order valence-corrected chi connectivity index (χ1v) is 5.04. The van der Waals surface area contributed by atoms with Gasteiger partial charge in [-0.25, -0.2) is 4.39 Å². The average Bonchev–Trinajstić information content (AvgIpc) is 2.22. The zero-order valence-corrected chi connectivity index (χ0v) is 9.00. The molecule has 0 fully saturated rings. The summed E-state index contributed by atoms with van der Waals surface area (Å²) in [5, 5.41) is 2.99. The molecule has 0 amide bonds. The summed E-state index contributed by atoms with van der Waals surface area (Å²) in [7, 11) is 0. The molecule has 0 saturated carbocycles. The molecule has 0 aliphatic rings. The van der Waals surface area contributed by atoms with Crippen molar-refractivity contribution in [2.24, 2.45) is 0 Å². The zero-order chi connectivity index (χ0) is 11.5. The predicted octanol–water partition coefficient (Wildman–Crippen LogP) is 3.46. The molecule has 0 aliphatic carbocycles. The second-order valence-corrected chi connectivity index (χ2v) is 3.73. The summed E-state index contributed by atoms with van der Waals surface area (Å²) < 4.78 is 13.5. The number of aryl methyl sites for hydroxylation is 1. The van der Waals surface area contributed by atoms with Gasteiger partial charge in [0.2, 0.25) is 0 Å². The number of benzene rings is 2. The van der Waals surface area contributed by atoms with Gasteiger partial charge in [-0.1, -0.05) is 12.1 Å². The van der Waals surface area contributed by atoms with E-state index in [-0.39, 0.29) is 5.82 Å². The lowest BCUT2D eigenvalue weighted by molar-refractivity contribution is 0.631. The van der Waals surface area contributed by atoms with Gasteiger partial charge in [0.05, 0.1) is 5.69 Å². The standard InChI is InChI=1S/C13H13FN2/c1-9-5-6-13(12(14)7-9)16-11-4-2-3-10(15)8-11/h2-8,16H,15H2,1H3. The van der Waals surface area contributed by atoms with Gasteiger partial charge in [-0.15, -0.1) is 0 Å². The van der Waals surface area contributed by atoms with Crippen LogP contribution in [0.25, 0.3) is 0 Å². The summed E-state index contributed by atoms with van der Waals surface area (Å²) in [6.07, 6.45) is 0. The van der Waals surface area contributed by atoms with Crippen LogP contribution in [0, 0.1) is 12.7 Å². The van der Waals surface area contributed by atoms with Crippen molar-refractivity contribution in [1.29, 1.82) is 0 Å². The largest absolute Gasteiger partial charge is 0.399 e. The topological polar surface area (TPSA) is 38.0 Å². The van der Waals surface area contributed by atoms with Crippen molar-refractivity contribution in [2.75, 3.05) is 11.1 Å². The summed E-state index contributed by atoms with van der Waals surface area (Å²) >= 11 is 0. The Morgan fingerprint density at radius 3 is 2.62 bits per heavy atom. The van der Waals surface area contributed by atoms with Gasteiger partial charge in [0, 0.05) is 11.4 Å². The number of nitrogens with two attached hydrogens (primary N) is 1. The first kappa shape index (κ1) is 10.5. The Bertz CT molecular complexity index is 509. The smallest absolute Gasteiger partial charge is 0.146 e. The van der Waals surface area contributed by atoms with Crippen LogP contribution in [0.1, 0.15) is 5.56 Å². The number of anilines is 3. The Kier molecular flexibility index (Phi) is 2.77. The average molecular weight is 216 g/mol. The lowest BCUT2D eigenvalue weighted by Crippen LogP contribution is -1.95. The van der Waals surface area contributed by atoms with E-state index in [0.29, 0.717) is 11.4 Å². The fourth-order valence-corrected chi connectivity index (χ4v) is 1.49. The minimum Gasteiger partial charge on any atom is -0.399 e. The molecule has 2 nitrogen and oxygen atoms in total. The van der Waals surface area contributed by atoms with Crippen molar-refractivity contribution >= 4 is 17.1 Å². The van der Waals surface area contributed by atoms with Gasteiger partial charge in [-0.3, -0.25) is 0 Å². The van der Waals surface area contributed by atoms with E-state index >= 15 is 0 Å². The molecule has 0 aliphatic heterocycles. The summed E-state index contributed by atoms with van der Waals surface area (Å²) in [5.41, 5.74) is 8.43. The Labute approximate surface area is 93.9 Å². The minimum atomic E-state index is -0.262. The zero-order valence-electron chi connectivity index (χ0n) is 9.00. The van der Waals surface area contributed by atoms with Gasteiger partial charge in [0.1, 0.15) is 5.82 Å². The molecular weight excluding hydrogens is 203 g/mol. The highest BCUT2D eigenvalue weighted by atomic mass is 19.1. The molecule has 0 heterocycles. The molecule has 2 aromatic carbocycles. The third-order valence-corrected chi connectivity index (χ3v) is 2.29. The Hall–Kier alpha value is -2.03. The SMILES string of the molecule is Cc1ccc(Nc2cccc(N)c2)c(F)c1. The van der Waals surface area contributed by atoms with Gasteiger partial charge in [-0.05, 0) is 42.8 Å². The van der Waals surface area contributed by atoms with E-state index in [9.17, 15) is 4.39 Å². The van der Waals surface area contributed by atoms with Crippen molar-refractivity contribution in [2.45, 2.75) is 6.92 Å². The maximum Gasteiger partial charge on any atom is 0.146 e. The highest BCUT2D eigenvalue weighted by Crippen LogP contribution is 2.21. The highest BCUT2D eigenvalue weighted by Gasteiger charge is 2.02. The molecule has 0 bridgehead atoms. The number of halogens is 1. The van der Waals surface area contributed by atoms with E-state index in [1.54, 1.807) is 18.2 Å². The van der Waals surface area contributed by atoms with Crippen molar-refractivity contribution in [3.8, 4) is 0 Å². The van der Waals surface area contributed by atoms with E-state index in [1.165, 1.54) is 6.07 Å². The Balaban J connectivity index is 2.27. The van der Waals surface area contributed by atoms with Crippen LogP contribution in [0.2, 0.25) is 0 Å². The molecule has 0 atom stereocenters. The maximum atomic E-state index is 13.5. The molecule has 0 unspecified atom stereocenters. The van der Waals surface area contributed by atoms with Crippen LogP contribution in [0.15, 0.2) is 42.5 Å². The fraction of sp³-hybridized carbons (Fsp3) is 0.0769. The molecular formula is C13H13FN2. The van der Waals surface area contributed by atoms with Crippen LogP contribution in [-0.4, -0.2) is 0 Å². The van der Waals surface area contributed by atoms with E-state index in [0.717, 1.165) is 11.3 Å².